The number of amides is 1. The van der Waals surface area contributed by atoms with Gasteiger partial charge in [0.05, 0.1) is 60.5 Å². The number of hydrogen-bond donors (Lipinski definition) is 0. The second-order valence-corrected chi connectivity index (χ2v) is 15.8. The molecule has 1 unspecified atom stereocenters. The van der Waals surface area contributed by atoms with Crippen molar-refractivity contribution in [3.8, 4) is 11.5 Å². The van der Waals surface area contributed by atoms with Crippen molar-refractivity contribution in [2.45, 2.75) is 63.1 Å². The number of anilines is 2. The first kappa shape index (κ1) is 41.5. The highest BCUT2D eigenvalue weighted by Gasteiger charge is 2.41. The third-order valence-electron chi connectivity index (χ3n) is 10.2. The number of nitrogens with zero attached hydrogens (tertiary/aromatic N) is 7. The van der Waals surface area contributed by atoms with E-state index in [9.17, 15) is 18.0 Å². The zero-order valence-electron chi connectivity index (χ0n) is 32.6. The van der Waals surface area contributed by atoms with Crippen molar-refractivity contribution in [2.24, 2.45) is 0 Å². The third kappa shape index (κ3) is 8.68. The van der Waals surface area contributed by atoms with E-state index in [1.54, 1.807) is 39.1 Å². The van der Waals surface area contributed by atoms with Crippen LogP contribution in [0.3, 0.4) is 0 Å². The number of fused-ring (bicyclic) bond motifs is 2. The molecule has 5 aromatic rings. The molecule has 1 amide bonds. The van der Waals surface area contributed by atoms with Gasteiger partial charge in [-0.15, -0.1) is 0 Å². The zero-order valence-corrected chi connectivity index (χ0v) is 34.9. The van der Waals surface area contributed by atoms with Crippen LogP contribution in [0, 0.1) is 0 Å². The molecular formula is C41H42Cl2F3N7O4S. The third-order valence-corrected chi connectivity index (χ3v) is 11.5. The van der Waals surface area contributed by atoms with Crippen LogP contribution in [0.5, 0.6) is 11.5 Å². The number of benzene rings is 3. The van der Waals surface area contributed by atoms with Gasteiger partial charge in [-0.1, -0.05) is 59.2 Å². The second-order valence-electron chi connectivity index (χ2n) is 14.2. The average Bonchev–Trinajstić information content (AvgIpc) is 3.36. The van der Waals surface area contributed by atoms with Crippen LogP contribution in [-0.4, -0.2) is 71.7 Å². The minimum atomic E-state index is -4.77. The Morgan fingerprint density at radius 3 is 2.17 bits per heavy atom. The van der Waals surface area contributed by atoms with Crippen LogP contribution >= 0.6 is 35.0 Å². The lowest BCUT2D eigenvalue weighted by atomic mass is 9.94. The van der Waals surface area contributed by atoms with Crippen LogP contribution in [-0.2, 0) is 50.1 Å². The molecule has 7 rings (SSSR count). The number of carbonyl (C=O) groups is 1. The van der Waals surface area contributed by atoms with E-state index < -0.39 is 22.9 Å². The van der Waals surface area contributed by atoms with Crippen molar-refractivity contribution in [1.82, 2.24) is 24.6 Å². The first-order valence-electron chi connectivity index (χ1n) is 18.5. The molecule has 0 N–H and O–H groups in total. The maximum absolute atomic E-state index is 15.0. The Kier molecular flexibility index (Phi) is 12.3. The molecule has 2 aromatic heterocycles. The summed E-state index contributed by atoms with van der Waals surface area (Å²) in [6.07, 6.45) is -3.22. The molecule has 2 aliphatic rings. The van der Waals surface area contributed by atoms with Gasteiger partial charge in [-0.3, -0.25) is 9.48 Å². The molecule has 306 valence electrons. The summed E-state index contributed by atoms with van der Waals surface area (Å²) < 4.78 is 63.8. The van der Waals surface area contributed by atoms with Crippen LogP contribution in [0.25, 0.3) is 0 Å². The summed E-state index contributed by atoms with van der Waals surface area (Å²) in [4.78, 5) is 28.0. The second kappa shape index (κ2) is 17.3. The lowest BCUT2D eigenvalue weighted by Crippen LogP contribution is -2.29. The summed E-state index contributed by atoms with van der Waals surface area (Å²) in [6.45, 7) is 2.12. The maximum Gasteiger partial charge on any atom is 0.418 e. The number of thioether (sulfide) groups is 1. The normalized spacial score (nSPS) is 15.3. The van der Waals surface area contributed by atoms with E-state index >= 15 is 0 Å². The van der Waals surface area contributed by atoms with Crippen molar-refractivity contribution < 1.29 is 32.2 Å². The fourth-order valence-electron chi connectivity index (χ4n) is 7.28. The smallest absolute Gasteiger partial charge is 0.418 e. The molecular weight excluding hydrogens is 814 g/mol. The van der Waals surface area contributed by atoms with E-state index in [0.29, 0.717) is 84.3 Å². The molecule has 2 aliphatic heterocycles. The molecule has 0 saturated carbocycles. The number of aromatic nitrogens is 4. The fraction of sp³-hybridized carbons (Fsp3) is 0.366. The van der Waals surface area contributed by atoms with Crippen LogP contribution < -0.4 is 19.3 Å². The molecule has 17 heteroatoms. The molecule has 1 atom stereocenters. The summed E-state index contributed by atoms with van der Waals surface area (Å²) in [5.41, 5.74) is 3.42. The Balaban J connectivity index is 1.26. The van der Waals surface area contributed by atoms with Gasteiger partial charge in [-0.05, 0) is 65.8 Å². The zero-order chi connectivity index (χ0) is 41.3. The summed E-state index contributed by atoms with van der Waals surface area (Å²) in [5, 5.41) is 4.84. The van der Waals surface area contributed by atoms with Crippen LogP contribution in [0.15, 0.2) is 65.8 Å². The summed E-state index contributed by atoms with van der Waals surface area (Å²) in [6, 6.07) is 18.0. The molecule has 11 nitrogen and oxygen atoms in total. The summed E-state index contributed by atoms with van der Waals surface area (Å²) >= 11 is 14.7. The lowest BCUT2D eigenvalue weighted by molar-refractivity contribution is -0.139. The molecule has 0 radical (unpaired) electrons. The van der Waals surface area contributed by atoms with Crippen molar-refractivity contribution in [3.05, 3.63) is 116 Å². The van der Waals surface area contributed by atoms with Gasteiger partial charge >= 0.3 is 6.18 Å². The molecule has 0 spiro atoms. The molecule has 0 saturated heterocycles. The predicted molar refractivity (Wildman–Crippen MR) is 218 cm³/mol. The van der Waals surface area contributed by atoms with Gasteiger partial charge < -0.3 is 28.9 Å². The Morgan fingerprint density at radius 1 is 0.966 bits per heavy atom. The topological polar surface area (TPSA) is 98.1 Å². The average molecular weight is 857 g/mol. The van der Waals surface area contributed by atoms with Crippen LogP contribution in [0.1, 0.15) is 62.2 Å². The minimum Gasteiger partial charge on any atom is -0.497 e. The first-order chi connectivity index (χ1) is 27.8. The van der Waals surface area contributed by atoms with Crippen molar-refractivity contribution >= 4 is 52.4 Å². The van der Waals surface area contributed by atoms with Crippen molar-refractivity contribution in [1.29, 1.82) is 0 Å². The standard InChI is InChI=1S/C41H42Cl2F3N7O4S/c1-50(2)39(54)37-36(43)33-22-51(15-6-16-53(33)49-37)38-30-23-57-34(19-32(30)47-40(48-38)58-5)29-17-26(18-31(42)35(29)41(44,45)46)52(20-24-7-11-27(55-3)12-8-24)21-25-9-13-28(56-4)14-10-25/h7-14,17-18,34H,6,15-16,19-23H2,1-5H3. The molecule has 4 heterocycles. The Hall–Kier alpha value is -4.70. The molecule has 58 heavy (non-hydrogen) atoms. The van der Waals surface area contributed by atoms with Gasteiger partial charge in [0.1, 0.15) is 17.3 Å². The Labute approximate surface area is 349 Å². The highest BCUT2D eigenvalue weighted by Crippen LogP contribution is 2.46. The maximum atomic E-state index is 15.0. The number of ether oxygens (including phenoxy) is 3. The Morgan fingerprint density at radius 2 is 1.60 bits per heavy atom. The summed E-state index contributed by atoms with van der Waals surface area (Å²) in [5.74, 6) is 1.68. The van der Waals surface area contributed by atoms with E-state index in [4.69, 9.17) is 47.4 Å². The van der Waals surface area contributed by atoms with Gasteiger partial charge in [0.2, 0.25) is 0 Å². The SMILES string of the molecule is COc1ccc(CN(Cc2ccc(OC)cc2)c2cc(Cl)c(C(F)(F)F)c(C3Cc4nc(SC)nc(N5CCCn6nc(C(=O)N(C)C)c(Cl)c6C5)c4CO3)c2)cc1. The largest absolute Gasteiger partial charge is 0.497 e. The molecule has 3 aromatic carbocycles. The van der Waals surface area contributed by atoms with Crippen LogP contribution in [0.2, 0.25) is 10.0 Å². The predicted octanol–water partition coefficient (Wildman–Crippen LogP) is 8.87. The quantitative estimate of drug-likeness (QED) is 0.0947. The van der Waals surface area contributed by atoms with E-state index in [0.717, 1.165) is 11.1 Å². The van der Waals surface area contributed by atoms with E-state index in [-0.39, 0.29) is 35.2 Å². The van der Waals surface area contributed by atoms with Gasteiger partial charge in [0, 0.05) is 57.9 Å². The Bertz CT molecular complexity index is 2240. The van der Waals surface area contributed by atoms with Crippen LogP contribution in [0.4, 0.5) is 24.7 Å². The number of alkyl halides is 3. The number of methoxy groups -OCH3 is 2. The minimum absolute atomic E-state index is 0.0432. The molecule has 0 aliphatic carbocycles. The van der Waals surface area contributed by atoms with Gasteiger partial charge in [0.15, 0.2) is 10.9 Å². The number of rotatable bonds is 11. The van der Waals surface area contributed by atoms with Gasteiger partial charge in [0.25, 0.3) is 5.91 Å². The van der Waals surface area contributed by atoms with Gasteiger partial charge in [-0.2, -0.15) is 18.3 Å². The van der Waals surface area contributed by atoms with Crippen molar-refractivity contribution in [3.63, 3.8) is 0 Å². The fourth-order valence-corrected chi connectivity index (χ4v) is 8.27. The number of hydrogen-bond acceptors (Lipinski definition) is 10. The number of aryl methyl sites for hydroxylation is 1. The first-order valence-corrected chi connectivity index (χ1v) is 20.4. The van der Waals surface area contributed by atoms with Gasteiger partial charge in [-0.25, -0.2) is 9.97 Å². The van der Waals surface area contributed by atoms with E-state index in [1.165, 1.54) is 22.7 Å². The monoisotopic (exact) mass is 855 g/mol. The highest BCUT2D eigenvalue weighted by atomic mass is 35.5. The highest BCUT2D eigenvalue weighted by molar-refractivity contribution is 7.98. The number of halogens is 5. The van der Waals surface area contributed by atoms with E-state index in [1.807, 2.05) is 59.7 Å². The number of carbonyl (C=O) groups excluding carboxylic acids is 1. The molecule has 0 bridgehead atoms. The molecule has 0 fully saturated rings. The summed E-state index contributed by atoms with van der Waals surface area (Å²) in [7, 11) is 6.46. The van der Waals surface area contributed by atoms with E-state index in [2.05, 4.69) is 10.00 Å². The van der Waals surface area contributed by atoms with Crippen molar-refractivity contribution in [2.75, 3.05) is 50.9 Å². The lowest BCUT2D eigenvalue weighted by Gasteiger charge is -2.33.